The molecule has 1 N–H and O–H groups in total. The Morgan fingerprint density at radius 3 is 1.91 bits per heavy atom. The second-order valence-electron chi connectivity index (χ2n) is 11.8. The lowest BCUT2D eigenvalue weighted by molar-refractivity contribution is -0.126. The molecule has 9 heteroatoms. The lowest BCUT2D eigenvalue weighted by Crippen LogP contribution is -2.43. The Kier molecular flexibility index (Phi) is 7.51. The number of imide groups is 2. The lowest BCUT2D eigenvalue weighted by atomic mass is 9.57. The number of amides is 4. The Morgan fingerprint density at radius 1 is 0.750 bits per heavy atom. The van der Waals surface area contributed by atoms with Crippen molar-refractivity contribution in [3.63, 3.8) is 0 Å². The summed E-state index contributed by atoms with van der Waals surface area (Å²) in [6, 6.07) is 20.0. The maximum Gasteiger partial charge on any atom is 0.238 e. The van der Waals surface area contributed by atoms with E-state index in [1.807, 2.05) is 48.5 Å². The largest absolute Gasteiger partial charge is 0.507 e. The molecular formula is C35H28I2N2O5. The molecule has 7 rings (SSSR count). The van der Waals surface area contributed by atoms with Crippen LogP contribution in [-0.4, -0.2) is 28.7 Å². The Labute approximate surface area is 282 Å². The van der Waals surface area contributed by atoms with E-state index < -0.39 is 35.5 Å². The normalized spacial score (nSPS) is 27.6. The van der Waals surface area contributed by atoms with Gasteiger partial charge in [0.05, 0.1) is 35.0 Å². The molecule has 3 fully saturated rings. The van der Waals surface area contributed by atoms with Gasteiger partial charge in [-0.25, -0.2) is 0 Å². The van der Waals surface area contributed by atoms with Crippen molar-refractivity contribution in [2.45, 2.75) is 25.2 Å². The van der Waals surface area contributed by atoms with Crippen LogP contribution in [0.15, 0.2) is 91.0 Å². The summed E-state index contributed by atoms with van der Waals surface area (Å²) in [5.41, 5.74) is 3.13. The zero-order valence-electron chi connectivity index (χ0n) is 23.5. The van der Waals surface area contributed by atoms with Crippen LogP contribution in [0.3, 0.4) is 0 Å². The van der Waals surface area contributed by atoms with E-state index in [2.05, 4.69) is 51.8 Å². The second-order valence-corrected chi connectivity index (χ2v) is 14.3. The van der Waals surface area contributed by atoms with Gasteiger partial charge >= 0.3 is 0 Å². The van der Waals surface area contributed by atoms with Gasteiger partial charge in [-0.15, -0.1) is 6.58 Å². The highest BCUT2D eigenvalue weighted by molar-refractivity contribution is 14.1. The summed E-state index contributed by atoms with van der Waals surface area (Å²) in [5.74, 6) is -4.75. The van der Waals surface area contributed by atoms with E-state index >= 15 is 0 Å². The predicted molar refractivity (Wildman–Crippen MR) is 183 cm³/mol. The third-order valence-electron chi connectivity index (χ3n) is 9.67. The highest BCUT2D eigenvalue weighted by atomic mass is 127. The topological polar surface area (TPSA) is 95.0 Å². The molecule has 6 atom stereocenters. The van der Waals surface area contributed by atoms with Gasteiger partial charge in [-0.3, -0.25) is 29.0 Å². The number of aromatic hydroxyl groups is 1. The van der Waals surface area contributed by atoms with Crippen LogP contribution in [0.25, 0.3) is 0 Å². The summed E-state index contributed by atoms with van der Waals surface area (Å²) in [4.78, 5) is 58.9. The number of para-hydroxylation sites is 1. The van der Waals surface area contributed by atoms with Gasteiger partial charge in [-0.2, -0.15) is 0 Å². The predicted octanol–water partition coefficient (Wildman–Crippen LogP) is 6.38. The van der Waals surface area contributed by atoms with Gasteiger partial charge in [-0.05, 0) is 124 Å². The molecule has 0 radical (unpaired) electrons. The number of carbonyl (C=O) groups excluding carboxylic acids is 4. The first-order chi connectivity index (χ1) is 21.2. The number of carbonyl (C=O) groups is 4. The first-order valence-electron chi connectivity index (χ1n) is 14.6. The number of hydrogen-bond donors (Lipinski definition) is 1. The van der Waals surface area contributed by atoms with Crippen molar-refractivity contribution in [1.29, 1.82) is 0 Å². The zero-order chi connectivity index (χ0) is 30.9. The number of allylic oxidation sites excluding steroid dienone is 3. The number of nitrogens with zero attached hydrogens (tertiary/aromatic N) is 2. The van der Waals surface area contributed by atoms with Crippen LogP contribution in [0.4, 0.5) is 11.4 Å². The molecule has 2 saturated heterocycles. The summed E-state index contributed by atoms with van der Waals surface area (Å²) in [7, 11) is 0. The maximum atomic E-state index is 14.3. The minimum atomic E-state index is -0.745. The molecule has 0 aromatic heterocycles. The Morgan fingerprint density at radius 2 is 1.32 bits per heavy atom. The lowest BCUT2D eigenvalue weighted by Gasteiger charge is -2.44. The average molecular weight is 810 g/mol. The molecule has 1 saturated carbocycles. The van der Waals surface area contributed by atoms with Crippen LogP contribution in [0, 0.1) is 36.7 Å². The van der Waals surface area contributed by atoms with Gasteiger partial charge in [0, 0.05) is 18.6 Å². The third-order valence-corrected chi connectivity index (χ3v) is 11.1. The molecule has 3 aromatic carbocycles. The molecule has 2 aliphatic carbocycles. The summed E-state index contributed by atoms with van der Waals surface area (Å²) in [5, 5.41) is 11.5. The molecule has 6 unspecified atom stereocenters. The molecule has 4 amide bonds. The number of rotatable bonds is 5. The summed E-state index contributed by atoms with van der Waals surface area (Å²) in [6.45, 7) is 3.82. The van der Waals surface area contributed by atoms with Crippen molar-refractivity contribution < 1.29 is 24.3 Å². The zero-order valence-corrected chi connectivity index (χ0v) is 27.8. The second kappa shape index (κ2) is 11.2. The number of halogens is 2. The van der Waals surface area contributed by atoms with Crippen molar-refractivity contribution in [3.8, 4) is 5.75 Å². The standard InChI is InChI=1S/C35H28I2N2O5/c1-2-4-18-5-3-6-24(31(18)40)28-23-15-16-25-29(34(43)38(32(25)41)21-11-7-19(36)8-12-21)26(23)17-27-30(28)35(44)39(33(27)42)22-13-9-20(37)10-14-22/h2-3,5-15,25-30,40H,1,4,16-17H2. The fourth-order valence-corrected chi connectivity index (χ4v) is 8.53. The maximum absolute atomic E-state index is 14.3. The molecule has 222 valence electrons. The Balaban J connectivity index is 1.35. The summed E-state index contributed by atoms with van der Waals surface area (Å²) < 4.78 is 1.97. The molecule has 44 heavy (non-hydrogen) atoms. The van der Waals surface area contributed by atoms with Crippen LogP contribution in [0.5, 0.6) is 5.75 Å². The quantitative estimate of drug-likeness (QED) is 0.184. The van der Waals surface area contributed by atoms with Gasteiger partial charge in [0.2, 0.25) is 23.6 Å². The van der Waals surface area contributed by atoms with E-state index in [1.165, 1.54) is 9.80 Å². The number of phenols is 1. The minimum Gasteiger partial charge on any atom is -0.507 e. The van der Waals surface area contributed by atoms with Crippen LogP contribution >= 0.6 is 45.2 Å². The van der Waals surface area contributed by atoms with Gasteiger partial charge in [0.15, 0.2) is 0 Å². The first kappa shape index (κ1) is 29.4. The van der Waals surface area contributed by atoms with Crippen molar-refractivity contribution >= 4 is 80.2 Å². The third kappa shape index (κ3) is 4.48. The van der Waals surface area contributed by atoms with E-state index in [9.17, 15) is 24.3 Å². The van der Waals surface area contributed by atoms with Gasteiger partial charge < -0.3 is 5.11 Å². The number of fused-ring (bicyclic) bond motifs is 4. The fourth-order valence-electron chi connectivity index (χ4n) is 7.81. The number of hydrogen-bond acceptors (Lipinski definition) is 5. The van der Waals surface area contributed by atoms with E-state index in [-0.39, 0.29) is 35.8 Å². The van der Waals surface area contributed by atoms with E-state index in [4.69, 9.17) is 0 Å². The van der Waals surface area contributed by atoms with E-state index in [1.54, 1.807) is 30.3 Å². The summed E-state index contributed by atoms with van der Waals surface area (Å²) in [6.07, 6.45) is 4.78. The van der Waals surface area contributed by atoms with E-state index in [0.717, 1.165) is 12.7 Å². The smallest absolute Gasteiger partial charge is 0.238 e. The van der Waals surface area contributed by atoms with Crippen LogP contribution in [-0.2, 0) is 25.6 Å². The fraction of sp³-hybridized carbons (Fsp3) is 0.257. The molecular weight excluding hydrogens is 782 g/mol. The molecule has 2 heterocycles. The monoisotopic (exact) mass is 810 g/mol. The molecule has 4 aliphatic rings. The number of benzene rings is 3. The van der Waals surface area contributed by atoms with Crippen LogP contribution in [0.2, 0.25) is 0 Å². The van der Waals surface area contributed by atoms with Crippen molar-refractivity contribution in [1.82, 2.24) is 0 Å². The van der Waals surface area contributed by atoms with Crippen molar-refractivity contribution in [2.24, 2.45) is 29.6 Å². The van der Waals surface area contributed by atoms with Crippen LogP contribution < -0.4 is 9.80 Å². The van der Waals surface area contributed by atoms with Crippen molar-refractivity contribution in [3.05, 3.63) is 109 Å². The number of phenolic OH excluding ortho intramolecular Hbond substituents is 1. The van der Waals surface area contributed by atoms with Crippen LogP contribution in [0.1, 0.15) is 29.9 Å². The Hall–Kier alpha value is -3.32. The average Bonchev–Trinajstić information content (AvgIpc) is 3.42. The Bertz CT molecular complexity index is 1770. The molecule has 0 spiro atoms. The molecule has 0 bridgehead atoms. The minimum absolute atomic E-state index is 0.0714. The highest BCUT2D eigenvalue weighted by Gasteiger charge is 2.62. The van der Waals surface area contributed by atoms with E-state index in [0.29, 0.717) is 35.3 Å². The number of anilines is 2. The SMILES string of the molecule is C=CCc1cccc(C2C3=CCC4C(=O)N(c5ccc(I)cc5)C(=O)C4C3CC3C(=O)N(c4ccc(I)cc4)C(=O)C32)c1O. The first-order valence-corrected chi connectivity index (χ1v) is 16.7. The molecule has 7 nitrogen and oxygen atoms in total. The molecule has 3 aromatic rings. The van der Waals surface area contributed by atoms with Gasteiger partial charge in [0.1, 0.15) is 5.75 Å². The summed E-state index contributed by atoms with van der Waals surface area (Å²) >= 11 is 4.36. The highest BCUT2D eigenvalue weighted by Crippen LogP contribution is 2.59. The molecule has 2 aliphatic heterocycles. The van der Waals surface area contributed by atoms with Gasteiger partial charge in [0.25, 0.3) is 0 Å². The van der Waals surface area contributed by atoms with Gasteiger partial charge in [-0.1, -0.05) is 35.9 Å². The van der Waals surface area contributed by atoms with Crippen molar-refractivity contribution in [2.75, 3.05) is 9.80 Å².